The van der Waals surface area contributed by atoms with Gasteiger partial charge in [0, 0.05) is 52.7 Å². The lowest BCUT2D eigenvalue weighted by Gasteiger charge is -2.26. The highest BCUT2D eigenvalue weighted by molar-refractivity contribution is 7.84. The fourth-order valence-corrected chi connectivity index (χ4v) is 3.42. The van der Waals surface area contributed by atoms with Gasteiger partial charge in [-0.2, -0.15) is 0 Å². The second-order valence-corrected chi connectivity index (χ2v) is 6.74. The van der Waals surface area contributed by atoms with Crippen LogP contribution in [-0.4, -0.2) is 38.9 Å². The molecule has 1 aliphatic rings. The van der Waals surface area contributed by atoms with Gasteiger partial charge in [-0.05, 0) is 19.9 Å². The Labute approximate surface area is 105 Å². The summed E-state index contributed by atoms with van der Waals surface area (Å²) in [6.07, 6.45) is 6.73. The van der Waals surface area contributed by atoms with Crippen LogP contribution in [0.25, 0.3) is 0 Å². The molecule has 5 heteroatoms. The van der Waals surface area contributed by atoms with Gasteiger partial charge in [0.1, 0.15) is 0 Å². The first-order chi connectivity index (χ1) is 8.03. The van der Waals surface area contributed by atoms with E-state index in [-0.39, 0.29) is 11.5 Å². The zero-order valence-corrected chi connectivity index (χ0v) is 11.6. The minimum Gasteiger partial charge on any atom is -0.330 e. The van der Waals surface area contributed by atoms with Crippen LogP contribution in [0.5, 0.6) is 0 Å². The summed E-state index contributed by atoms with van der Waals surface area (Å²) in [5, 5.41) is 3.41. The molecule has 1 saturated heterocycles. The molecule has 1 N–H and O–H groups in total. The molecule has 0 saturated carbocycles. The summed E-state index contributed by atoms with van der Waals surface area (Å²) in [5.41, 5.74) is 1.43. The van der Waals surface area contributed by atoms with Crippen molar-refractivity contribution in [1.29, 1.82) is 0 Å². The minimum atomic E-state index is -0.768. The van der Waals surface area contributed by atoms with Crippen LogP contribution in [0.15, 0.2) is 12.5 Å². The third kappa shape index (κ3) is 2.60. The second kappa shape index (κ2) is 4.90. The molecule has 1 fully saturated rings. The van der Waals surface area contributed by atoms with Crippen LogP contribution in [0.4, 0.5) is 0 Å². The van der Waals surface area contributed by atoms with E-state index in [0.29, 0.717) is 5.75 Å². The maximum Gasteiger partial charge on any atom is 0.0951 e. The standard InChI is InChI=1S/C12H21N3OS/c1-10(7-17(3)16)15-9-14-6-11(15)12(2)4-5-13-8-12/h6,9-10,13H,4-5,7-8H2,1-3H3. The van der Waals surface area contributed by atoms with Gasteiger partial charge in [-0.3, -0.25) is 4.21 Å². The molecular weight excluding hydrogens is 234 g/mol. The molecule has 1 aliphatic heterocycles. The number of nitrogens with one attached hydrogen (secondary N) is 1. The predicted molar refractivity (Wildman–Crippen MR) is 70.7 cm³/mol. The van der Waals surface area contributed by atoms with E-state index in [2.05, 4.69) is 28.7 Å². The topological polar surface area (TPSA) is 46.9 Å². The van der Waals surface area contributed by atoms with E-state index in [9.17, 15) is 4.21 Å². The first-order valence-corrected chi connectivity index (χ1v) is 7.79. The van der Waals surface area contributed by atoms with E-state index in [0.717, 1.165) is 19.5 Å². The maximum atomic E-state index is 11.3. The molecule has 0 bridgehead atoms. The lowest BCUT2D eigenvalue weighted by Crippen LogP contribution is -2.29. The monoisotopic (exact) mass is 255 g/mol. The van der Waals surface area contributed by atoms with Crippen LogP contribution >= 0.6 is 0 Å². The van der Waals surface area contributed by atoms with E-state index < -0.39 is 10.8 Å². The zero-order chi connectivity index (χ0) is 12.5. The zero-order valence-electron chi connectivity index (χ0n) is 10.8. The highest BCUT2D eigenvalue weighted by Gasteiger charge is 2.34. The summed E-state index contributed by atoms with van der Waals surface area (Å²) >= 11 is 0. The van der Waals surface area contributed by atoms with Gasteiger partial charge >= 0.3 is 0 Å². The first-order valence-electron chi connectivity index (χ1n) is 6.06. The Balaban J connectivity index is 2.24. The molecule has 4 nitrogen and oxygen atoms in total. The Morgan fingerprint density at radius 2 is 2.47 bits per heavy atom. The van der Waals surface area contributed by atoms with E-state index >= 15 is 0 Å². The first kappa shape index (κ1) is 12.8. The van der Waals surface area contributed by atoms with Crippen molar-refractivity contribution in [1.82, 2.24) is 14.9 Å². The number of aromatic nitrogens is 2. The lowest BCUT2D eigenvalue weighted by molar-refractivity contribution is 0.452. The molecule has 2 heterocycles. The van der Waals surface area contributed by atoms with Crippen LogP contribution < -0.4 is 5.32 Å². The summed E-state index contributed by atoms with van der Waals surface area (Å²) in [5.74, 6) is 0.687. The predicted octanol–water partition coefficient (Wildman–Crippen LogP) is 1.07. The SMILES string of the molecule is CC(CS(C)=O)n1cncc1C1(C)CCNC1. The quantitative estimate of drug-likeness (QED) is 0.875. The molecule has 0 aliphatic carbocycles. The number of hydrogen-bond donors (Lipinski definition) is 1. The molecule has 1 aromatic rings. The maximum absolute atomic E-state index is 11.3. The van der Waals surface area contributed by atoms with Gasteiger partial charge < -0.3 is 9.88 Å². The van der Waals surface area contributed by atoms with E-state index in [1.54, 1.807) is 6.26 Å². The van der Waals surface area contributed by atoms with Crippen molar-refractivity contribution in [3.63, 3.8) is 0 Å². The lowest BCUT2D eigenvalue weighted by atomic mass is 9.86. The summed E-state index contributed by atoms with van der Waals surface area (Å²) in [4.78, 5) is 4.28. The second-order valence-electron chi connectivity index (χ2n) is 5.26. The van der Waals surface area contributed by atoms with Gasteiger partial charge in [-0.1, -0.05) is 6.92 Å². The molecule has 3 unspecified atom stereocenters. The Morgan fingerprint density at radius 3 is 3.06 bits per heavy atom. The van der Waals surface area contributed by atoms with E-state index in [1.807, 2.05) is 12.5 Å². The number of hydrogen-bond acceptors (Lipinski definition) is 3. The van der Waals surface area contributed by atoms with Crippen molar-refractivity contribution in [3.8, 4) is 0 Å². The average molecular weight is 255 g/mol. The fourth-order valence-electron chi connectivity index (χ4n) is 2.58. The summed E-state index contributed by atoms with van der Waals surface area (Å²) < 4.78 is 13.5. The largest absolute Gasteiger partial charge is 0.330 e. The van der Waals surface area contributed by atoms with Crippen molar-refractivity contribution in [2.45, 2.75) is 31.7 Å². The van der Waals surface area contributed by atoms with Gasteiger partial charge in [0.2, 0.25) is 0 Å². The Bertz CT molecular complexity index is 410. The molecule has 0 radical (unpaired) electrons. The summed E-state index contributed by atoms with van der Waals surface area (Å²) in [6.45, 7) is 6.45. The van der Waals surface area contributed by atoms with Gasteiger partial charge in [-0.25, -0.2) is 4.98 Å². The molecule has 17 heavy (non-hydrogen) atoms. The van der Waals surface area contributed by atoms with Gasteiger partial charge in [-0.15, -0.1) is 0 Å². The smallest absolute Gasteiger partial charge is 0.0951 e. The molecule has 1 aromatic heterocycles. The summed E-state index contributed by atoms with van der Waals surface area (Å²) in [6, 6.07) is 0.246. The van der Waals surface area contributed by atoms with Crippen molar-refractivity contribution >= 4 is 10.8 Å². The van der Waals surface area contributed by atoms with Gasteiger partial charge in [0.15, 0.2) is 0 Å². The minimum absolute atomic E-state index is 0.167. The third-order valence-electron chi connectivity index (χ3n) is 3.60. The van der Waals surface area contributed by atoms with Gasteiger partial charge in [0.05, 0.1) is 6.33 Å². The normalized spacial score (nSPS) is 28.2. The highest BCUT2D eigenvalue weighted by atomic mass is 32.2. The summed E-state index contributed by atoms with van der Waals surface area (Å²) in [7, 11) is -0.768. The van der Waals surface area contributed by atoms with Crippen LogP contribution in [0, 0.1) is 0 Å². The van der Waals surface area contributed by atoms with Crippen molar-refractivity contribution in [2.24, 2.45) is 0 Å². The molecular formula is C12H21N3OS. The fraction of sp³-hybridized carbons (Fsp3) is 0.750. The highest BCUT2D eigenvalue weighted by Crippen LogP contribution is 2.31. The molecule has 96 valence electrons. The average Bonchev–Trinajstić information content (AvgIpc) is 2.84. The van der Waals surface area contributed by atoms with Crippen LogP contribution in [0.3, 0.4) is 0 Å². The molecule has 0 aromatic carbocycles. The molecule has 0 spiro atoms. The Hall–Kier alpha value is -0.680. The van der Waals surface area contributed by atoms with Crippen LogP contribution in [0.1, 0.15) is 32.0 Å². The Kier molecular flexibility index (Phi) is 3.68. The van der Waals surface area contributed by atoms with Crippen LogP contribution in [0.2, 0.25) is 0 Å². The Morgan fingerprint density at radius 1 is 1.71 bits per heavy atom. The molecule has 3 atom stereocenters. The van der Waals surface area contributed by atoms with Crippen molar-refractivity contribution in [2.75, 3.05) is 25.1 Å². The third-order valence-corrected chi connectivity index (χ3v) is 4.56. The van der Waals surface area contributed by atoms with Crippen LogP contribution in [-0.2, 0) is 16.2 Å². The number of rotatable bonds is 4. The molecule has 2 rings (SSSR count). The van der Waals surface area contributed by atoms with E-state index in [4.69, 9.17) is 0 Å². The van der Waals surface area contributed by atoms with Crippen molar-refractivity contribution in [3.05, 3.63) is 18.2 Å². The number of imidazole rings is 1. The number of nitrogens with zero attached hydrogens (tertiary/aromatic N) is 2. The van der Waals surface area contributed by atoms with Gasteiger partial charge in [0.25, 0.3) is 0 Å². The molecule has 0 amide bonds. The van der Waals surface area contributed by atoms with Crippen molar-refractivity contribution < 1.29 is 4.21 Å². The van der Waals surface area contributed by atoms with E-state index in [1.165, 1.54) is 5.69 Å².